The van der Waals surface area contributed by atoms with E-state index in [1.165, 1.54) is 5.56 Å². The van der Waals surface area contributed by atoms with E-state index in [-0.39, 0.29) is 6.04 Å². The van der Waals surface area contributed by atoms with E-state index in [9.17, 15) is 0 Å². The molecule has 0 saturated heterocycles. The van der Waals surface area contributed by atoms with Gasteiger partial charge in [-0.1, -0.05) is 6.92 Å². The van der Waals surface area contributed by atoms with Gasteiger partial charge in [-0.2, -0.15) is 0 Å². The lowest BCUT2D eigenvalue weighted by atomic mass is 9.99. The molecule has 2 N–H and O–H groups in total. The van der Waals surface area contributed by atoms with Crippen LogP contribution < -0.4 is 15.2 Å². The predicted octanol–water partition coefficient (Wildman–Crippen LogP) is 2.00. The monoisotopic (exact) mass is 193 g/mol. The fraction of sp³-hybridized carbons (Fsp3) is 0.455. The van der Waals surface area contributed by atoms with E-state index in [0.29, 0.717) is 6.79 Å². The quantitative estimate of drug-likeness (QED) is 0.781. The number of fused-ring (bicyclic) bond motifs is 1. The summed E-state index contributed by atoms with van der Waals surface area (Å²) < 4.78 is 10.6. The maximum Gasteiger partial charge on any atom is 0.231 e. The number of ether oxygens (including phenoxy) is 2. The van der Waals surface area contributed by atoms with E-state index in [1.54, 1.807) is 0 Å². The number of hydrogen-bond acceptors (Lipinski definition) is 3. The van der Waals surface area contributed by atoms with Crippen molar-refractivity contribution < 1.29 is 9.47 Å². The molecule has 0 aromatic heterocycles. The number of nitrogens with two attached hydrogens (primary N) is 1. The molecular formula is C11H15NO2. The first-order valence-electron chi connectivity index (χ1n) is 4.90. The third-order valence-electron chi connectivity index (χ3n) is 2.51. The summed E-state index contributed by atoms with van der Waals surface area (Å²) in [5.74, 6) is 1.65. The number of rotatable bonds is 2. The minimum Gasteiger partial charge on any atom is -0.454 e. The van der Waals surface area contributed by atoms with Gasteiger partial charge in [0.25, 0.3) is 0 Å². The highest BCUT2D eigenvalue weighted by molar-refractivity contribution is 5.49. The van der Waals surface area contributed by atoms with Crippen LogP contribution in [0.1, 0.15) is 31.0 Å². The van der Waals surface area contributed by atoms with Crippen LogP contribution in [0.3, 0.4) is 0 Å². The van der Waals surface area contributed by atoms with Gasteiger partial charge < -0.3 is 15.2 Å². The first kappa shape index (κ1) is 9.34. The summed E-state index contributed by atoms with van der Waals surface area (Å²) >= 11 is 0. The zero-order chi connectivity index (χ0) is 10.1. The summed E-state index contributed by atoms with van der Waals surface area (Å²) in [5, 5.41) is 0. The van der Waals surface area contributed by atoms with Crippen molar-refractivity contribution in [1.82, 2.24) is 0 Å². The lowest BCUT2D eigenvalue weighted by Gasteiger charge is -2.12. The molecule has 1 aromatic rings. The normalized spacial score (nSPS) is 15.6. The van der Waals surface area contributed by atoms with Crippen molar-refractivity contribution in [3.63, 3.8) is 0 Å². The standard InChI is InChI=1S/C11H15NO2/c1-3-8-4-10-11(14-6-13-10)5-9(8)7(2)12/h4-5,7H,3,6,12H2,1-2H3. The number of hydrogen-bond donors (Lipinski definition) is 1. The second-order valence-corrected chi connectivity index (χ2v) is 3.55. The molecule has 0 radical (unpaired) electrons. The van der Waals surface area contributed by atoms with E-state index >= 15 is 0 Å². The number of aryl methyl sites for hydroxylation is 1. The highest BCUT2D eigenvalue weighted by Crippen LogP contribution is 2.36. The van der Waals surface area contributed by atoms with E-state index in [0.717, 1.165) is 23.5 Å². The molecule has 0 amide bonds. The topological polar surface area (TPSA) is 44.5 Å². The van der Waals surface area contributed by atoms with Crippen molar-refractivity contribution >= 4 is 0 Å². The Balaban J connectivity index is 2.49. The van der Waals surface area contributed by atoms with Gasteiger partial charge in [0.15, 0.2) is 11.5 Å². The first-order valence-corrected chi connectivity index (χ1v) is 4.90. The Morgan fingerprint density at radius 1 is 1.36 bits per heavy atom. The van der Waals surface area contributed by atoms with Gasteiger partial charge in [0.05, 0.1) is 0 Å². The lowest BCUT2D eigenvalue weighted by molar-refractivity contribution is 0.174. The number of benzene rings is 1. The molecule has 0 saturated carbocycles. The summed E-state index contributed by atoms with van der Waals surface area (Å²) in [6.07, 6.45) is 0.966. The fourth-order valence-electron chi connectivity index (χ4n) is 1.73. The molecule has 14 heavy (non-hydrogen) atoms. The third-order valence-corrected chi connectivity index (χ3v) is 2.51. The highest BCUT2D eigenvalue weighted by atomic mass is 16.7. The molecule has 1 atom stereocenters. The second-order valence-electron chi connectivity index (χ2n) is 3.55. The summed E-state index contributed by atoms with van der Waals surface area (Å²) in [7, 11) is 0. The second kappa shape index (κ2) is 3.50. The lowest BCUT2D eigenvalue weighted by Crippen LogP contribution is -2.07. The molecule has 0 spiro atoms. The molecular weight excluding hydrogens is 178 g/mol. The van der Waals surface area contributed by atoms with Gasteiger partial charge in [-0.3, -0.25) is 0 Å². The average Bonchev–Trinajstić information content (AvgIpc) is 2.62. The van der Waals surface area contributed by atoms with Crippen molar-refractivity contribution in [2.75, 3.05) is 6.79 Å². The van der Waals surface area contributed by atoms with Crippen LogP contribution >= 0.6 is 0 Å². The zero-order valence-corrected chi connectivity index (χ0v) is 8.54. The Bertz CT molecular complexity index is 347. The van der Waals surface area contributed by atoms with Gasteiger partial charge >= 0.3 is 0 Å². The minimum absolute atomic E-state index is 0.0412. The molecule has 2 rings (SSSR count). The highest BCUT2D eigenvalue weighted by Gasteiger charge is 2.17. The Hall–Kier alpha value is -1.22. The van der Waals surface area contributed by atoms with Crippen LogP contribution in [-0.4, -0.2) is 6.79 Å². The molecule has 0 aliphatic carbocycles. The van der Waals surface area contributed by atoms with Crippen molar-refractivity contribution in [3.8, 4) is 11.5 Å². The van der Waals surface area contributed by atoms with Crippen LogP contribution in [0.15, 0.2) is 12.1 Å². The smallest absolute Gasteiger partial charge is 0.231 e. The molecule has 1 heterocycles. The van der Waals surface area contributed by atoms with Crippen LogP contribution in [0.5, 0.6) is 11.5 Å². The molecule has 1 unspecified atom stereocenters. The van der Waals surface area contributed by atoms with E-state index in [2.05, 4.69) is 6.92 Å². The van der Waals surface area contributed by atoms with Crippen LogP contribution in [-0.2, 0) is 6.42 Å². The van der Waals surface area contributed by atoms with Gasteiger partial charge in [0.1, 0.15) is 0 Å². The Labute approximate surface area is 83.8 Å². The largest absolute Gasteiger partial charge is 0.454 e. The third kappa shape index (κ3) is 1.44. The zero-order valence-electron chi connectivity index (χ0n) is 8.54. The predicted molar refractivity (Wildman–Crippen MR) is 54.5 cm³/mol. The summed E-state index contributed by atoms with van der Waals surface area (Å²) in [5.41, 5.74) is 8.28. The van der Waals surface area contributed by atoms with Crippen molar-refractivity contribution in [2.45, 2.75) is 26.3 Å². The van der Waals surface area contributed by atoms with Gasteiger partial charge in [-0.15, -0.1) is 0 Å². The van der Waals surface area contributed by atoms with E-state index in [1.807, 2.05) is 19.1 Å². The van der Waals surface area contributed by atoms with Crippen molar-refractivity contribution in [2.24, 2.45) is 5.73 Å². The molecule has 0 bridgehead atoms. The summed E-state index contributed by atoms with van der Waals surface area (Å²) in [4.78, 5) is 0. The van der Waals surface area contributed by atoms with Crippen molar-refractivity contribution in [3.05, 3.63) is 23.3 Å². The summed E-state index contributed by atoms with van der Waals surface area (Å²) in [6.45, 7) is 4.42. The molecule has 3 nitrogen and oxygen atoms in total. The molecule has 1 aliphatic rings. The van der Waals surface area contributed by atoms with Crippen LogP contribution in [0.25, 0.3) is 0 Å². The Morgan fingerprint density at radius 3 is 2.57 bits per heavy atom. The maximum absolute atomic E-state index is 5.89. The first-order chi connectivity index (χ1) is 6.72. The minimum atomic E-state index is 0.0412. The SMILES string of the molecule is CCc1cc2c(cc1C(C)N)OCO2. The molecule has 3 heteroatoms. The molecule has 0 fully saturated rings. The van der Waals surface area contributed by atoms with Gasteiger partial charge in [0, 0.05) is 6.04 Å². The average molecular weight is 193 g/mol. The van der Waals surface area contributed by atoms with Gasteiger partial charge in [-0.05, 0) is 36.6 Å². The van der Waals surface area contributed by atoms with Crippen LogP contribution in [0.4, 0.5) is 0 Å². The Morgan fingerprint density at radius 2 is 2.00 bits per heavy atom. The van der Waals surface area contributed by atoms with E-state index in [4.69, 9.17) is 15.2 Å². The fourth-order valence-corrected chi connectivity index (χ4v) is 1.73. The maximum atomic E-state index is 5.89. The summed E-state index contributed by atoms with van der Waals surface area (Å²) in [6, 6.07) is 4.06. The van der Waals surface area contributed by atoms with E-state index < -0.39 is 0 Å². The molecule has 76 valence electrons. The van der Waals surface area contributed by atoms with Gasteiger partial charge in [0.2, 0.25) is 6.79 Å². The van der Waals surface area contributed by atoms with Crippen molar-refractivity contribution in [1.29, 1.82) is 0 Å². The van der Waals surface area contributed by atoms with Crippen LogP contribution in [0.2, 0.25) is 0 Å². The Kier molecular flexibility index (Phi) is 2.33. The van der Waals surface area contributed by atoms with Crippen LogP contribution in [0, 0.1) is 0 Å². The molecule has 1 aromatic carbocycles. The molecule has 1 aliphatic heterocycles. The van der Waals surface area contributed by atoms with Gasteiger partial charge in [-0.25, -0.2) is 0 Å².